The van der Waals surface area contributed by atoms with E-state index in [2.05, 4.69) is 0 Å². The van der Waals surface area contributed by atoms with Crippen molar-refractivity contribution in [2.24, 2.45) is 0 Å². The molecule has 0 saturated heterocycles. The summed E-state index contributed by atoms with van der Waals surface area (Å²) < 4.78 is 64.3. The Bertz CT molecular complexity index is 206. The van der Waals surface area contributed by atoms with E-state index in [1.807, 2.05) is 0 Å². The van der Waals surface area contributed by atoms with E-state index in [0.29, 0.717) is 0 Å². The van der Waals surface area contributed by atoms with Crippen molar-refractivity contribution >= 4 is 0 Å². The van der Waals surface area contributed by atoms with Gasteiger partial charge >= 0.3 is 70.2 Å². The molecule has 0 radical (unpaired) electrons. The molecule has 0 unspecified atom stereocenters. The molecule has 8 nitrogen and oxygen atoms in total. The summed E-state index contributed by atoms with van der Waals surface area (Å²) in [6.07, 6.45) is 0. The van der Waals surface area contributed by atoms with Gasteiger partial charge < -0.3 is 0 Å². The maximum atomic E-state index is 8.89. The summed E-state index contributed by atoms with van der Waals surface area (Å²) in [5, 5.41) is 0. The molecular weight excluding hydrogens is 842 g/mol. The van der Waals surface area contributed by atoms with Crippen LogP contribution >= 0.6 is 0 Å². The molecule has 0 aromatic heterocycles. The van der Waals surface area contributed by atoms with Crippen LogP contribution in [0, 0.1) is 82.0 Å². The second-order valence-electron chi connectivity index (χ2n) is 1.10. The Balaban J connectivity index is -0.000000107. The summed E-state index contributed by atoms with van der Waals surface area (Å²) in [7, 11) is 0. The predicted octanol–water partition coefficient (Wildman–Crippen LogP) is -2.70. The van der Waals surface area contributed by atoms with E-state index < -0.39 is 50.8 Å². The molecule has 0 rings (SSSR count). The van der Waals surface area contributed by atoms with Gasteiger partial charge in [0, 0.05) is 31.1 Å². The molecule has 0 bridgehead atoms. The minimum absolute atomic E-state index is 0. The summed E-state index contributed by atoms with van der Waals surface area (Å²) in [5.74, 6) is 0. The van der Waals surface area contributed by atoms with Gasteiger partial charge in [-0.2, -0.15) is 0 Å². The van der Waals surface area contributed by atoms with E-state index in [9.17, 15) is 0 Å². The molecule has 0 fully saturated rings. The van der Waals surface area contributed by atoms with Crippen molar-refractivity contribution < 1.29 is 101 Å². The molecule has 0 aliphatic rings. The van der Waals surface area contributed by atoms with Gasteiger partial charge in [0.25, 0.3) is 0 Å². The molecule has 0 aromatic carbocycles. The Kier molecular flexibility index (Phi) is 13.0. The van der Waals surface area contributed by atoms with Crippen LogP contribution in [-0.2, 0) is 8.94 Å². The summed E-state index contributed by atoms with van der Waals surface area (Å²) in [6.45, 7) is 0. The van der Waals surface area contributed by atoms with Crippen molar-refractivity contribution in [3.8, 4) is 0 Å². The number of rotatable bonds is 0. The first-order valence-corrected chi connectivity index (χ1v) is 16.0. The van der Waals surface area contributed by atoms with Crippen LogP contribution < -0.4 is 0 Å². The van der Waals surface area contributed by atoms with Gasteiger partial charge in [0.05, 0.1) is 0 Å². The minimum Gasteiger partial charge on any atom is 0 e. The van der Waals surface area contributed by atoms with Crippen LogP contribution in [0.5, 0.6) is 0 Å². The molecule has 0 aromatic rings. The zero-order valence-electron chi connectivity index (χ0n) is 4.92. The molecule has 11 heteroatoms. The van der Waals surface area contributed by atoms with Crippen LogP contribution in [-0.4, -0.2) is 10.4 Å². The first-order valence-electron chi connectivity index (χ1n) is 1.71. The molecule has 0 atom stereocenters. The molecule has 0 spiro atoms. The van der Waals surface area contributed by atoms with Crippen LogP contribution in [0.25, 0.3) is 0 Å². The zero-order chi connectivity index (χ0) is 9.00. The van der Waals surface area contributed by atoms with E-state index >= 15 is 0 Å². The van der Waals surface area contributed by atoms with Crippen LogP contribution in [0.4, 0.5) is 0 Å². The third-order valence-electron chi connectivity index (χ3n) is 0. The first kappa shape index (κ1) is 18.9. The summed E-state index contributed by atoms with van der Waals surface area (Å²) >= 11 is -11.7. The second kappa shape index (κ2) is 7.59. The standard InChI is InChI=1S/4H2O.4O.3U/h4*1H2;;;;;;;/q;;;;;;;;;2*+2/p-4. The molecule has 11 heavy (non-hydrogen) atoms. The predicted molar refractivity (Wildman–Crippen MR) is 11.6 cm³/mol. The molecule has 0 aliphatic carbocycles. The third kappa shape index (κ3) is 263. The molecule has 64 valence electrons. The Morgan fingerprint density at radius 1 is 0.636 bits per heavy atom. The fraction of sp³-hybridized carbons (Fsp3) is 0. The quantitative estimate of drug-likeness (QED) is 0.206. The largest absolute Gasteiger partial charge is 0 e. The zero-order valence-corrected chi connectivity index (χ0v) is 17.4. The fourth-order valence-electron chi connectivity index (χ4n) is 0. The van der Waals surface area contributed by atoms with Gasteiger partial charge in [-0.05, 0) is 0 Å². The normalized spacial score (nSPS) is 10.5. The third-order valence-corrected chi connectivity index (χ3v) is 0. The fourth-order valence-corrected chi connectivity index (χ4v) is 0. The minimum atomic E-state index is -5.84. The Morgan fingerprint density at radius 2 is 0.636 bits per heavy atom. The number of hydrogen-bond acceptors (Lipinski definition) is 4. The average molecular weight is 846 g/mol. The van der Waals surface area contributed by atoms with E-state index in [1.165, 1.54) is 0 Å². The van der Waals surface area contributed by atoms with Crippen molar-refractivity contribution in [2.75, 3.05) is 0 Å². The van der Waals surface area contributed by atoms with E-state index in [0.717, 1.165) is 0 Å². The van der Waals surface area contributed by atoms with Gasteiger partial charge in [-0.15, -0.1) is 0 Å². The molecular formula is H4O8U3. The first-order chi connectivity index (χ1) is 4.00. The molecule has 0 amide bonds. The maximum Gasteiger partial charge on any atom is 0 e. The maximum absolute atomic E-state index is 8.89. The van der Waals surface area contributed by atoms with Crippen LogP contribution in [0.2, 0.25) is 0 Å². The summed E-state index contributed by atoms with van der Waals surface area (Å²) in [4.78, 5) is 0. The Hall–Kier alpha value is 2.20. The van der Waals surface area contributed by atoms with Crippen molar-refractivity contribution in [1.29, 1.82) is 0 Å². The summed E-state index contributed by atoms with van der Waals surface area (Å²) in [6, 6.07) is 0. The van der Waals surface area contributed by atoms with E-state index in [1.54, 1.807) is 0 Å². The number of hydrogen-bond donors (Lipinski definition) is 4. The molecule has 0 heterocycles. The van der Waals surface area contributed by atoms with Crippen molar-refractivity contribution in [3.05, 3.63) is 0 Å². The second-order valence-corrected chi connectivity index (χ2v) is 10.2. The topological polar surface area (TPSA) is 149 Å². The van der Waals surface area contributed by atoms with Gasteiger partial charge in [0.1, 0.15) is 0 Å². The Morgan fingerprint density at radius 3 is 0.636 bits per heavy atom. The van der Waals surface area contributed by atoms with Gasteiger partial charge in [0.2, 0.25) is 0 Å². The Labute approximate surface area is 99.1 Å². The smallest absolute Gasteiger partial charge is 0 e. The van der Waals surface area contributed by atoms with Crippen LogP contribution in [0.3, 0.4) is 0 Å². The molecule has 0 saturated carbocycles. The van der Waals surface area contributed by atoms with E-state index in [4.69, 9.17) is 19.4 Å². The van der Waals surface area contributed by atoms with Crippen molar-refractivity contribution in [3.63, 3.8) is 0 Å². The van der Waals surface area contributed by atoms with Gasteiger partial charge in [-0.3, -0.25) is 0 Å². The molecule has 0 aliphatic heterocycles. The van der Waals surface area contributed by atoms with Gasteiger partial charge in [-0.25, -0.2) is 0 Å². The summed E-state index contributed by atoms with van der Waals surface area (Å²) in [5.41, 5.74) is 0. The SMILES string of the molecule is [O]=[U](=[O])([OH])[OH].[O]=[U](=[O])([OH])[OH].[U]. The van der Waals surface area contributed by atoms with Gasteiger partial charge in [-0.1, -0.05) is 0 Å². The monoisotopic (exact) mass is 846 g/mol. The van der Waals surface area contributed by atoms with Crippen molar-refractivity contribution in [2.45, 2.75) is 0 Å². The van der Waals surface area contributed by atoms with Crippen LogP contribution in [0.1, 0.15) is 0 Å². The van der Waals surface area contributed by atoms with Crippen LogP contribution in [0.15, 0.2) is 0 Å². The van der Waals surface area contributed by atoms with Gasteiger partial charge in [0.15, 0.2) is 0 Å². The molecule has 4 N–H and O–H groups in total. The van der Waals surface area contributed by atoms with E-state index in [-0.39, 0.29) is 31.1 Å². The average Bonchev–Trinajstić information content (AvgIpc) is 1.12. The van der Waals surface area contributed by atoms with Crippen molar-refractivity contribution in [1.82, 2.24) is 0 Å².